The van der Waals surface area contributed by atoms with Gasteiger partial charge in [0.1, 0.15) is 5.82 Å². The van der Waals surface area contributed by atoms with E-state index in [1.807, 2.05) is 11.0 Å². The van der Waals surface area contributed by atoms with Crippen LogP contribution in [0.25, 0.3) is 0 Å². The van der Waals surface area contributed by atoms with Crippen LogP contribution in [0.1, 0.15) is 18.4 Å². The number of benzene rings is 1. The van der Waals surface area contributed by atoms with Crippen LogP contribution in [0.3, 0.4) is 0 Å². The molecular formula is C17H18FN3O2S. The quantitative estimate of drug-likeness (QED) is 0.780. The number of rotatable bonds is 4. The third kappa shape index (κ3) is 3.88. The van der Waals surface area contributed by atoms with Crippen LogP contribution >= 0.6 is 11.8 Å². The van der Waals surface area contributed by atoms with Crippen LogP contribution in [0.4, 0.5) is 4.39 Å². The van der Waals surface area contributed by atoms with E-state index in [0.29, 0.717) is 31.1 Å². The van der Waals surface area contributed by atoms with Crippen LogP contribution in [0.15, 0.2) is 23.1 Å². The molecule has 0 aromatic heterocycles. The second-order valence-corrected chi connectivity index (χ2v) is 7.04. The second kappa shape index (κ2) is 7.22. The minimum Gasteiger partial charge on any atom is -0.339 e. The predicted octanol–water partition coefficient (Wildman–Crippen LogP) is 1.87. The second-order valence-electron chi connectivity index (χ2n) is 6.03. The lowest BCUT2D eigenvalue weighted by molar-refractivity contribution is -0.139. The molecule has 2 amide bonds. The summed E-state index contributed by atoms with van der Waals surface area (Å²) in [7, 11) is 0. The smallest absolute Gasteiger partial charge is 0.233 e. The van der Waals surface area contributed by atoms with Gasteiger partial charge in [0.2, 0.25) is 11.8 Å². The van der Waals surface area contributed by atoms with Crippen molar-refractivity contribution < 1.29 is 14.0 Å². The van der Waals surface area contributed by atoms with Crippen molar-refractivity contribution >= 4 is 23.6 Å². The Labute approximate surface area is 144 Å². The molecule has 126 valence electrons. The van der Waals surface area contributed by atoms with Crippen molar-refractivity contribution in [1.82, 2.24) is 9.80 Å². The fraction of sp³-hybridized carbons (Fsp3) is 0.471. The van der Waals surface area contributed by atoms with E-state index < -0.39 is 5.82 Å². The van der Waals surface area contributed by atoms with Gasteiger partial charge in [-0.15, -0.1) is 11.8 Å². The summed E-state index contributed by atoms with van der Waals surface area (Å²) >= 11 is 1.13. The van der Waals surface area contributed by atoms with Crippen LogP contribution in [0, 0.1) is 23.1 Å². The molecule has 2 fully saturated rings. The summed E-state index contributed by atoms with van der Waals surface area (Å²) in [4.78, 5) is 28.2. The number of carbonyl (C=O) groups excluding carboxylic acids is 2. The molecule has 1 aromatic carbocycles. The maximum Gasteiger partial charge on any atom is 0.233 e. The number of nitriles is 1. The average Bonchev–Trinajstić information content (AvgIpc) is 3.45. The van der Waals surface area contributed by atoms with Crippen molar-refractivity contribution in [1.29, 1.82) is 5.26 Å². The fourth-order valence-corrected chi connectivity index (χ4v) is 3.51. The van der Waals surface area contributed by atoms with Gasteiger partial charge in [-0.2, -0.15) is 5.26 Å². The van der Waals surface area contributed by atoms with Gasteiger partial charge in [0.15, 0.2) is 0 Å². The highest BCUT2D eigenvalue weighted by Crippen LogP contribution is 2.31. The van der Waals surface area contributed by atoms with Gasteiger partial charge in [0.05, 0.1) is 17.4 Å². The number of nitrogens with zero attached hydrogens (tertiary/aromatic N) is 3. The number of carbonyl (C=O) groups is 2. The molecule has 1 saturated heterocycles. The Bertz CT molecular complexity index is 692. The molecule has 1 saturated carbocycles. The van der Waals surface area contributed by atoms with Crippen LogP contribution in [0.2, 0.25) is 0 Å². The number of thioether (sulfide) groups is 1. The molecule has 7 heteroatoms. The highest BCUT2D eigenvalue weighted by Gasteiger charge is 2.35. The van der Waals surface area contributed by atoms with Crippen molar-refractivity contribution in [2.24, 2.45) is 5.92 Å². The van der Waals surface area contributed by atoms with Crippen LogP contribution < -0.4 is 0 Å². The van der Waals surface area contributed by atoms with E-state index in [-0.39, 0.29) is 29.0 Å². The summed E-state index contributed by atoms with van der Waals surface area (Å²) < 4.78 is 13.8. The van der Waals surface area contributed by atoms with Gasteiger partial charge in [-0.25, -0.2) is 4.39 Å². The van der Waals surface area contributed by atoms with Gasteiger partial charge in [-0.05, 0) is 31.0 Å². The molecule has 0 radical (unpaired) electrons. The van der Waals surface area contributed by atoms with E-state index >= 15 is 0 Å². The maximum atomic E-state index is 13.8. The third-order valence-electron chi connectivity index (χ3n) is 4.28. The Balaban J connectivity index is 1.47. The lowest BCUT2D eigenvalue weighted by Crippen LogP contribution is -2.51. The summed E-state index contributed by atoms with van der Waals surface area (Å²) in [5.74, 6) is 0.0478. The first-order chi connectivity index (χ1) is 11.6. The summed E-state index contributed by atoms with van der Waals surface area (Å²) in [6.07, 6.45) is 1.98. The molecule has 24 heavy (non-hydrogen) atoms. The number of amides is 2. The molecule has 0 N–H and O–H groups in total. The molecule has 5 nitrogen and oxygen atoms in total. The number of piperazine rings is 1. The van der Waals surface area contributed by atoms with E-state index in [1.165, 1.54) is 18.2 Å². The Hall–Kier alpha value is -2.07. The van der Waals surface area contributed by atoms with E-state index in [0.717, 1.165) is 24.6 Å². The van der Waals surface area contributed by atoms with E-state index in [1.54, 1.807) is 4.90 Å². The standard InChI is InChI=1S/C17H18FN3O2S/c18-14-9-12(10-19)1-4-15(14)24-11-16(22)20-5-7-21(8-6-20)17(23)13-2-3-13/h1,4,9,13H,2-3,5-8,11H2. The topological polar surface area (TPSA) is 64.4 Å². The molecule has 1 aromatic rings. The van der Waals surface area contributed by atoms with Crippen molar-refractivity contribution in [3.05, 3.63) is 29.6 Å². The minimum absolute atomic E-state index is 0.0534. The normalized spacial score (nSPS) is 17.5. The molecule has 0 bridgehead atoms. The summed E-state index contributed by atoms with van der Waals surface area (Å²) in [5, 5.41) is 8.73. The monoisotopic (exact) mass is 347 g/mol. The molecule has 3 rings (SSSR count). The number of hydrogen-bond acceptors (Lipinski definition) is 4. The average molecular weight is 347 g/mol. The van der Waals surface area contributed by atoms with Gasteiger partial charge >= 0.3 is 0 Å². The summed E-state index contributed by atoms with van der Waals surface area (Å²) in [5.41, 5.74) is 0.264. The lowest BCUT2D eigenvalue weighted by Gasteiger charge is -2.34. The fourth-order valence-electron chi connectivity index (χ4n) is 2.68. The SMILES string of the molecule is N#Cc1ccc(SCC(=O)N2CCN(C(=O)C3CC3)CC2)c(F)c1. The van der Waals surface area contributed by atoms with E-state index in [2.05, 4.69) is 0 Å². The highest BCUT2D eigenvalue weighted by atomic mass is 32.2. The first-order valence-electron chi connectivity index (χ1n) is 7.97. The van der Waals surface area contributed by atoms with E-state index in [9.17, 15) is 14.0 Å². The van der Waals surface area contributed by atoms with Crippen LogP contribution in [-0.4, -0.2) is 53.5 Å². The van der Waals surface area contributed by atoms with Crippen molar-refractivity contribution in [3.63, 3.8) is 0 Å². The lowest BCUT2D eigenvalue weighted by atomic mass is 10.2. The van der Waals surface area contributed by atoms with Gasteiger partial charge in [-0.3, -0.25) is 9.59 Å². The zero-order valence-electron chi connectivity index (χ0n) is 13.2. The Kier molecular flexibility index (Phi) is 5.05. The highest BCUT2D eigenvalue weighted by molar-refractivity contribution is 8.00. The largest absolute Gasteiger partial charge is 0.339 e. The maximum absolute atomic E-state index is 13.8. The molecule has 0 atom stereocenters. The predicted molar refractivity (Wildman–Crippen MR) is 87.7 cm³/mol. The van der Waals surface area contributed by atoms with Crippen LogP contribution in [-0.2, 0) is 9.59 Å². The van der Waals surface area contributed by atoms with Gasteiger partial charge in [0, 0.05) is 37.0 Å². The molecule has 1 heterocycles. The van der Waals surface area contributed by atoms with Crippen molar-refractivity contribution in [2.75, 3.05) is 31.9 Å². The summed E-state index contributed by atoms with van der Waals surface area (Å²) in [6, 6.07) is 6.12. The summed E-state index contributed by atoms with van der Waals surface area (Å²) in [6.45, 7) is 2.23. The number of halogens is 1. The molecule has 1 aliphatic carbocycles. The molecule has 0 unspecified atom stereocenters. The van der Waals surface area contributed by atoms with E-state index in [4.69, 9.17) is 5.26 Å². The minimum atomic E-state index is -0.480. The van der Waals surface area contributed by atoms with Crippen molar-refractivity contribution in [2.45, 2.75) is 17.7 Å². The molecule has 0 spiro atoms. The first-order valence-corrected chi connectivity index (χ1v) is 8.96. The third-order valence-corrected chi connectivity index (χ3v) is 5.32. The van der Waals surface area contributed by atoms with Gasteiger partial charge < -0.3 is 9.80 Å². The number of hydrogen-bond donors (Lipinski definition) is 0. The van der Waals surface area contributed by atoms with Crippen LogP contribution in [0.5, 0.6) is 0 Å². The molecule has 1 aliphatic heterocycles. The Morgan fingerprint density at radius 3 is 2.46 bits per heavy atom. The Morgan fingerprint density at radius 1 is 1.21 bits per heavy atom. The first kappa shape index (κ1) is 16.8. The van der Waals surface area contributed by atoms with Crippen molar-refractivity contribution in [3.8, 4) is 6.07 Å². The van der Waals surface area contributed by atoms with Gasteiger partial charge in [0.25, 0.3) is 0 Å². The Morgan fingerprint density at radius 2 is 1.88 bits per heavy atom. The zero-order valence-corrected chi connectivity index (χ0v) is 14.0. The van der Waals surface area contributed by atoms with Gasteiger partial charge in [-0.1, -0.05) is 0 Å². The zero-order chi connectivity index (χ0) is 17.1. The molecular weight excluding hydrogens is 329 g/mol. The molecule has 2 aliphatic rings.